The van der Waals surface area contributed by atoms with Crippen molar-refractivity contribution in [2.45, 2.75) is 46.1 Å². The van der Waals surface area contributed by atoms with Crippen molar-refractivity contribution in [1.29, 1.82) is 0 Å². The van der Waals surface area contributed by atoms with E-state index >= 15 is 0 Å². The molecule has 0 aliphatic carbocycles. The van der Waals surface area contributed by atoms with Crippen molar-refractivity contribution in [3.8, 4) is 5.75 Å². The van der Waals surface area contributed by atoms with Crippen LogP contribution in [0.25, 0.3) is 0 Å². The minimum Gasteiger partial charge on any atom is -0.487 e. The van der Waals surface area contributed by atoms with Gasteiger partial charge >= 0.3 is 0 Å². The monoisotopic (exact) mass is 400 g/mol. The number of benzene rings is 2. The largest absolute Gasteiger partial charge is 0.487 e. The van der Waals surface area contributed by atoms with Crippen molar-refractivity contribution < 1.29 is 9.53 Å². The minimum atomic E-state index is 0.0654. The first-order chi connectivity index (χ1) is 14.7. The lowest BCUT2D eigenvalue weighted by Gasteiger charge is -2.27. The van der Waals surface area contributed by atoms with E-state index in [4.69, 9.17) is 4.74 Å². The number of ether oxygens (including phenoxy) is 1. The van der Waals surface area contributed by atoms with E-state index in [0.29, 0.717) is 6.61 Å². The van der Waals surface area contributed by atoms with E-state index in [1.165, 1.54) is 16.8 Å². The molecule has 4 nitrogen and oxygen atoms in total. The van der Waals surface area contributed by atoms with Gasteiger partial charge in [0.2, 0.25) is 0 Å². The van der Waals surface area contributed by atoms with Crippen molar-refractivity contribution in [3.05, 3.63) is 83.2 Å². The highest BCUT2D eigenvalue weighted by Crippen LogP contribution is 2.36. The van der Waals surface area contributed by atoms with E-state index in [1.807, 2.05) is 30.5 Å². The number of para-hydroxylation sites is 1. The Morgan fingerprint density at radius 1 is 1.07 bits per heavy atom. The molecule has 0 saturated heterocycles. The molecule has 0 N–H and O–H groups in total. The molecule has 1 aliphatic rings. The smallest absolute Gasteiger partial charge is 0.161 e. The van der Waals surface area contributed by atoms with Crippen LogP contribution in [0.2, 0.25) is 0 Å². The van der Waals surface area contributed by atoms with Gasteiger partial charge in [-0.15, -0.1) is 0 Å². The number of pyridine rings is 1. The molecule has 154 valence electrons. The molecule has 0 spiro atoms. The molecule has 4 heteroatoms. The summed E-state index contributed by atoms with van der Waals surface area (Å²) in [6, 6.07) is 18.4. The summed E-state index contributed by atoms with van der Waals surface area (Å²) < 4.78 is 6.08. The lowest BCUT2D eigenvalue weighted by molar-refractivity contribution is 0.101. The molecule has 30 heavy (non-hydrogen) atoms. The Bertz CT molecular complexity index is 1040. The third kappa shape index (κ3) is 4.38. The molecule has 0 saturated carbocycles. The quantitative estimate of drug-likeness (QED) is 0.483. The summed E-state index contributed by atoms with van der Waals surface area (Å²) in [7, 11) is 0. The Hall–Kier alpha value is -3.14. The Morgan fingerprint density at radius 2 is 1.93 bits per heavy atom. The number of Topliss-reactive ketones (excluding diaryl/α,β-unsaturated/α-hetero) is 1. The second-order valence-electron chi connectivity index (χ2n) is 7.77. The normalized spacial score (nSPS) is 13.5. The number of carbonyl (C=O) groups excluding carboxylic acids is 1. The Kier molecular flexibility index (Phi) is 6.12. The first-order valence-corrected chi connectivity index (χ1v) is 10.7. The highest BCUT2D eigenvalue weighted by Gasteiger charge is 2.21. The molecule has 0 unspecified atom stereocenters. The van der Waals surface area contributed by atoms with Crippen LogP contribution in [0, 0.1) is 0 Å². The van der Waals surface area contributed by atoms with E-state index in [2.05, 4.69) is 47.1 Å². The molecule has 1 aromatic heterocycles. The number of rotatable bonds is 6. The molecule has 0 bridgehead atoms. The number of fused-ring (bicyclic) bond motifs is 1. The molecule has 2 heterocycles. The molecular weight excluding hydrogens is 372 g/mol. The fraction of sp³-hybridized carbons (Fsp3) is 0.308. The predicted octanol–water partition coefficient (Wildman–Crippen LogP) is 5.90. The molecule has 0 fully saturated rings. The lowest BCUT2D eigenvalue weighted by atomic mass is 10.1. The first kappa shape index (κ1) is 20.1. The molecule has 0 radical (unpaired) electrons. The van der Waals surface area contributed by atoms with Gasteiger partial charge in [-0.2, -0.15) is 0 Å². The van der Waals surface area contributed by atoms with Gasteiger partial charge in [0.25, 0.3) is 0 Å². The average molecular weight is 401 g/mol. The number of anilines is 2. The second kappa shape index (κ2) is 9.12. The van der Waals surface area contributed by atoms with Crippen molar-refractivity contribution in [1.82, 2.24) is 4.98 Å². The summed E-state index contributed by atoms with van der Waals surface area (Å²) in [6.45, 7) is 5.05. The van der Waals surface area contributed by atoms with Gasteiger partial charge in [0, 0.05) is 30.1 Å². The van der Waals surface area contributed by atoms with E-state index in [9.17, 15) is 4.79 Å². The zero-order chi connectivity index (χ0) is 20.9. The molecule has 4 rings (SSSR count). The van der Waals surface area contributed by atoms with Crippen LogP contribution in [-0.2, 0) is 19.4 Å². The van der Waals surface area contributed by atoms with Crippen LogP contribution in [0.4, 0.5) is 11.4 Å². The number of hydrogen-bond donors (Lipinski definition) is 0. The number of hydrogen-bond acceptors (Lipinski definition) is 4. The second-order valence-corrected chi connectivity index (χ2v) is 7.77. The van der Waals surface area contributed by atoms with Gasteiger partial charge in [-0.25, -0.2) is 0 Å². The number of nitrogens with zero attached hydrogens (tertiary/aromatic N) is 2. The predicted molar refractivity (Wildman–Crippen MR) is 121 cm³/mol. The zero-order valence-electron chi connectivity index (χ0n) is 17.7. The molecule has 0 atom stereocenters. The first-order valence-electron chi connectivity index (χ1n) is 10.7. The standard InChI is InChI=1S/C26H28N2O2/c1-3-20-13-14-27-22(16-20)18-30-23-11-12-24(19(2)29)26(17-23)28-15-7-6-9-21-8-4-5-10-25(21)28/h4-5,8,10-14,16-17H,3,6-7,9,15,18H2,1-2H3. The van der Waals surface area contributed by atoms with Crippen LogP contribution in [0.5, 0.6) is 5.75 Å². The minimum absolute atomic E-state index is 0.0654. The molecule has 2 aromatic carbocycles. The maximum absolute atomic E-state index is 12.4. The summed E-state index contributed by atoms with van der Waals surface area (Å²) in [4.78, 5) is 19.1. The van der Waals surface area contributed by atoms with Gasteiger partial charge in [-0.3, -0.25) is 9.78 Å². The van der Waals surface area contributed by atoms with Gasteiger partial charge in [0.1, 0.15) is 12.4 Å². The van der Waals surface area contributed by atoms with Crippen LogP contribution in [0.3, 0.4) is 0 Å². The van der Waals surface area contributed by atoms with Crippen molar-refractivity contribution in [3.63, 3.8) is 0 Å². The van der Waals surface area contributed by atoms with Gasteiger partial charge in [-0.1, -0.05) is 25.1 Å². The number of carbonyl (C=O) groups is 1. The van der Waals surface area contributed by atoms with E-state index in [1.54, 1.807) is 6.92 Å². The molecule has 3 aromatic rings. The SMILES string of the molecule is CCc1ccnc(COc2ccc(C(C)=O)c(N3CCCCc4ccccc43)c2)c1. The number of aryl methyl sites for hydroxylation is 2. The highest BCUT2D eigenvalue weighted by molar-refractivity contribution is 6.01. The summed E-state index contributed by atoms with van der Waals surface area (Å²) in [5, 5.41) is 0. The van der Waals surface area contributed by atoms with E-state index < -0.39 is 0 Å². The third-order valence-electron chi connectivity index (χ3n) is 5.68. The van der Waals surface area contributed by atoms with Crippen LogP contribution in [0.1, 0.15) is 53.9 Å². The zero-order valence-corrected chi connectivity index (χ0v) is 17.7. The number of aromatic nitrogens is 1. The Labute approximate surface area is 178 Å². The topological polar surface area (TPSA) is 42.4 Å². The van der Waals surface area contributed by atoms with Crippen molar-refractivity contribution in [2.75, 3.05) is 11.4 Å². The van der Waals surface area contributed by atoms with E-state index in [0.717, 1.165) is 54.9 Å². The van der Waals surface area contributed by atoms with Crippen LogP contribution in [0.15, 0.2) is 60.8 Å². The average Bonchev–Trinajstić information content (AvgIpc) is 3.00. The maximum atomic E-state index is 12.4. The molecular formula is C26H28N2O2. The van der Waals surface area contributed by atoms with Crippen LogP contribution < -0.4 is 9.64 Å². The number of ketones is 1. The van der Waals surface area contributed by atoms with Crippen molar-refractivity contribution in [2.24, 2.45) is 0 Å². The third-order valence-corrected chi connectivity index (χ3v) is 5.68. The summed E-state index contributed by atoms with van der Waals surface area (Å²) >= 11 is 0. The fourth-order valence-corrected chi connectivity index (χ4v) is 4.05. The van der Waals surface area contributed by atoms with Crippen LogP contribution in [-0.4, -0.2) is 17.3 Å². The Balaban J connectivity index is 1.66. The summed E-state index contributed by atoms with van der Waals surface area (Å²) in [5.41, 5.74) is 6.32. The summed E-state index contributed by atoms with van der Waals surface area (Å²) in [6.07, 6.45) is 6.11. The molecule has 1 aliphatic heterocycles. The maximum Gasteiger partial charge on any atom is 0.161 e. The molecule has 0 amide bonds. The van der Waals surface area contributed by atoms with Gasteiger partial charge in [0.05, 0.1) is 11.4 Å². The fourth-order valence-electron chi connectivity index (χ4n) is 4.05. The Morgan fingerprint density at radius 3 is 2.77 bits per heavy atom. The van der Waals surface area contributed by atoms with Crippen LogP contribution >= 0.6 is 0 Å². The van der Waals surface area contributed by atoms with Crippen molar-refractivity contribution >= 4 is 17.2 Å². The van der Waals surface area contributed by atoms with E-state index in [-0.39, 0.29) is 5.78 Å². The lowest BCUT2D eigenvalue weighted by Crippen LogP contribution is -2.20. The van der Waals surface area contributed by atoms with Gasteiger partial charge in [0.15, 0.2) is 5.78 Å². The highest BCUT2D eigenvalue weighted by atomic mass is 16.5. The summed E-state index contributed by atoms with van der Waals surface area (Å²) in [5.74, 6) is 0.816. The van der Waals surface area contributed by atoms with Gasteiger partial charge < -0.3 is 9.64 Å². The van der Waals surface area contributed by atoms with Gasteiger partial charge in [-0.05, 0) is 74.1 Å².